The molecule has 0 aliphatic rings. The van der Waals surface area contributed by atoms with Crippen molar-refractivity contribution in [1.29, 1.82) is 0 Å². The predicted octanol–water partition coefficient (Wildman–Crippen LogP) is 4.65. The van der Waals surface area contributed by atoms with Crippen molar-refractivity contribution in [2.45, 2.75) is 20.8 Å². The highest BCUT2D eigenvalue weighted by atomic mass is 79.9. The van der Waals surface area contributed by atoms with Crippen LogP contribution in [0.15, 0.2) is 69.6 Å². The van der Waals surface area contributed by atoms with Crippen LogP contribution in [0.3, 0.4) is 0 Å². The largest absolute Gasteiger partial charge is 0.244 e. The number of hydrogen-bond acceptors (Lipinski definition) is 0. The molecule has 0 aliphatic heterocycles. The van der Waals surface area contributed by atoms with Crippen molar-refractivity contribution in [2.75, 3.05) is 0 Å². The van der Waals surface area contributed by atoms with Gasteiger partial charge in [0, 0.05) is 8.95 Å². The zero-order chi connectivity index (χ0) is 17.3. The SMILES string of the molecule is Cc1cc(C)c(B(c2ccccc2Br)c2ccccc2Br)c(C)c1. The number of benzene rings is 3. The van der Waals surface area contributed by atoms with Crippen LogP contribution in [0.5, 0.6) is 0 Å². The van der Waals surface area contributed by atoms with Gasteiger partial charge in [-0.25, -0.2) is 0 Å². The molecule has 3 aromatic carbocycles. The van der Waals surface area contributed by atoms with E-state index in [0.29, 0.717) is 0 Å². The minimum Gasteiger partial charge on any atom is -0.0659 e. The highest BCUT2D eigenvalue weighted by molar-refractivity contribution is 9.11. The van der Waals surface area contributed by atoms with E-state index < -0.39 is 0 Å². The molecule has 0 aromatic heterocycles. The zero-order valence-electron chi connectivity index (χ0n) is 14.1. The van der Waals surface area contributed by atoms with E-state index in [1.54, 1.807) is 0 Å². The normalized spacial score (nSPS) is 10.7. The molecule has 3 aromatic rings. The third kappa shape index (κ3) is 3.38. The molecular weight excluding hydrogens is 423 g/mol. The molecule has 3 rings (SSSR count). The monoisotopic (exact) mass is 440 g/mol. The van der Waals surface area contributed by atoms with Gasteiger partial charge in [-0.15, -0.1) is 0 Å². The van der Waals surface area contributed by atoms with Crippen molar-refractivity contribution < 1.29 is 0 Å². The summed E-state index contributed by atoms with van der Waals surface area (Å²) in [6, 6.07) is 21.6. The molecule has 24 heavy (non-hydrogen) atoms. The Morgan fingerprint density at radius 3 is 1.50 bits per heavy atom. The fourth-order valence-corrected chi connectivity index (χ4v) is 4.57. The summed E-state index contributed by atoms with van der Waals surface area (Å²) in [5.74, 6) is 0. The highest BCUT2D eigenvalue weighted by Crippen LogP contribution is 2.15. The van der Waals surface area contributed by atoms with Gasteiger partial charge in [-0.1, -0.05) is 113 Å². The van der Waals surface area contributed by atoms with Crippen LogP contribution in [0.4, 0.5) is 0 Å². The standard InChI is InChI=1S/C21H19BBr2/c1-14-12-15(2)21(16(3)13-14)22(17-8-4-6-10-19(17)23)18-9-5-7-11-20(18)24/h4-13H,1-3H3. The lowest BCUT2D eigenvalue weighted by atomic mass is 9.35. The molecule has 3 heteroatoms. The molecular formula is C21H19BBr2. The van der Waals surface area contributed by atoms with Crippen LogP contribution in [-0.2, 0) is 0 Å². The summed E-state index contributed by atoms with van der Waals surface area (Å²) in [5, 5.41) is 0. The zero-order valence-corrected chi connectivity index (χ0v) is 17.3. The number of aryl methyl sites for hydroxylation is 3. The average Bonchev–Trinajstić information content (AvgIpc) is 2.52. The van der Waals surface area contributed by atoms with Crippen LogP contribution in [0.25, 0.3) is 0 Å². The van der Waals surface area contributed by atoms with Gasteiger partial charge in [-0.2, -0.15) is 0 Å². The Kier molecular flexibility index (Phi) is 5.31. The van der Waals surface area contributed by atoms with Gasteiger partial charge in [0.25, 0.3) is 0 Å². The highest BCUT2D eigenvalue weighted by Gasteiger charge is 2.28. The fourth-order valence-electron chi connectivity index (χ4n) is 3.54. The smallest absolute Gasteiger partial charge is 0.0659 e. The molecule has 0 N–H and O–H groups in total. The summed E-state index contributed by atoms with van der Waals surface area (Å²) in [6.45, 7) is 6.79. The topological polar surface area (TPSA) is 0 Å². The maximum atomic E-state index is 3.76. The third-order valence-electron chi connectivity index (χ3n) is 4.46. The lowest BCUT2D eigenvalue weighted by Gasteiger charge is -2.22. The van der Waals surface area contributed by atoms with Gasteiger partial charge in [0.15, 0.2) is 0 Å². The molecule has 0 heterocycles. The van der Waals surface area contributed by atoms with Crippen LogP contribution in [0.1, 0.15) is 16.7 Å². The maximum absolute atomic E-state index is 3.76. The van der Waals surface area contributed by atoms with Gasteiger partial charge in [-0.3, -0.25) is 0 Å². The molecule has 0 saturated carbocycles. The van der Waals surface area contributed by atoms with Gasteiger partial charge in [-0.05, 0) is 32.9 Å². The summed E-state index contributed by atoms with van der Waals surface area (Å²) in [4.78, 5) is 0. The number of halogens is 2. The van der Waals surface area contributed by atoms with Crippen molar-refractivity contribution in [3.8, 4) is 0 Å². The molecule has 0 spiro atoms. The van der Waals surface area contributed by atoms with Crippen molar-refractivity contribution in [2.24, 2.45) is 0 Å². The lowest BCUT2D eigenvalue weighted by Crippen LogP contribution is -2.54. The van der Waals surface area contributed by atoms with Crippen molar-refractivity contribution in [3.63, 3.8) is 0 Å². The summed E-state index contributed by atoms with van der Waals surface area (Å²) >= 11 is 7.53. The van der Waals surface area contributed by atoms with E-state index >= 15 is 0 Å². The molecule has 0 saturated heterocycles. The van der Waals surface area contributed by atoms with E-state index in [4.69, 9.17) is 0 Å². The molecule has 0 atom stereocenters. The Balaban J connectivity index is 2.33. The summed E-state index contributed by atoms with van der Waals surface area (Å²) in [6.07, 6.45) is 0. The van der Waals surface area contributed by atoms with Crippen LogP contribution in [0, 0.1) is 20.8 Å². The summed E-state index contributed by atoms with van der Waals surface area (Å²) < 4.78 is 2.29. The second-order valence-electron chi connectivity index (χ2n) is 6.29. The second kappa shape index (κ2) is 7.29. The minimum atomic E-state index is 0.191. The Bertz CT molecular complexity index is 818. The molecule has 0 unspecified atom stereocenters. The molecule has 0 aliphatic carbocycles. The predicted molar refractivity (Wildman–Crippen MR) is 114 cm³/mol. The first-order chi connectivity index (χ1) is 11.5. The van der Waals surface area contributed by atoms with Gasteiger partial charge in [0.2, 0.25) is 6.71 Å². The molecule has 0 radical (unpaired) electrons. The summed E-state index contributed by atoms with van der Waals surface area (Å²) in [7, 11) is 0. The third-order valence-corrected chi connectivity index (χ3v) is 5.90. The van der Waals surface area contributed by atoms with Crippen LogP contribution in [-0.4, -0.2) is 6.71 Å². The van der Waals surface area contributed by atoms with Crippen LogP contribution in [0.2, 0.25) is 0 Å². The lowest BCUT2D eigenvalue weighted by molar-refractivity contribution is 1.35. The first kappa shape index (κ1) is 17.5. The van der Waals surface area contributed by atoms with Crippen molar-refractivity contribution in [3.05, 3.63) is 86.3 Å². The quantitative estimate of drug-likeness (QED) is 0.519. The summed E-state index contributed by atoms with van der Waals surface area (Å²) in [5.41, 5.74) is 7.96. The maximum Gasteiger partial charge on any atom is 0.244 e. The first-order valence-corrected chi connectivity index (χ1v) is 9.64. The fraction of sp³-hybridized carbons (Fsp3) is 0.143. The Labute approximate surface area is 161 Å². The second-order valence-corrected chi connectivity index (χ2v) is 8.00. The van der Waals surface area contributed by atoms with Crippen molar-refractivity contribution in [1.82, 2.24) is 0 Å². The van der Waals surface area contributed by atoms with E-state index in [-0.39, 0.29) is 6.71 Å². The van der Waals surface area contributed by atoms with Gasteiger partial charge in [0.1, 0.15) is 0 Å². The van der Waals surface area contributed by atoms with E-state index in [1.165, 1.54) is 33.1 Å². The van der Waals surface area contributed by atoms with Gasteiger partial charge in [0.05, 0.1) is 0 Å². The van der Waals surface area contributed by atoms with E-state index in [1.807, 2.05) is 0 Å². The van der Waals surface area contributed by atoms with Gasteiger partial charge < -0.3 is 0 Å². The van der Waals surface area contributed by atoms with Crippen LogP contribution >= 0.6 is 31.9 Å². The van der Waals surface area contributed by atoms with Gasteiger partial charge >= 0.3 is 0 Å². The van der Waals surface area contributed by atoms with Crippen LogP contribution < -0.4 is 16.4 Å². The average molecular weight is 442 g/mol. The molecule has 120 valence electrons. The molecule has 0 fully saturated rings. The van der Waals surface area contributed by atoms with E-state index in [2.05, 4.69) is 113 Å². The number of hydrogen-bond donors (Lipinski definition) is 0. The number of rotatable bonds is 3. The Hall–Kier alpha value is -1.32. The van der Waals surface area contributed by atoms with E-state index in [0.717, 1.165) is 8.95 Å². The molecule has 0 bridgehead atoms. The Morgan fingerprint density at radius 1 is 0.667 bits per heavy atom. The van der Waals surface area contributed by atoms with E-state index in [9.17, 15) is 0 Å². The molecule has 0 amide bonds. The van der Waals surface area contributed by atoms with Crippen molar-refractivity contribution >= 4 is 55.0 Å². The minimum absolute atomic E-state index is 0.191. The molecule has 0 nitrogen and oxygen atoms in total. The first-order valence-electron chi connectivity index (χ1n) is 8.05. The Morgan fingerprint density at radius 2 is 1.08 bits per heavy atom.